The highest BCUT2D eigenvalue weighted by atomic mass is 127. The molecule has 0 saturated carbocycles. The number of halogens is 1. The van der Waals surface area contributed by atoms with Crippen LogP contribution in [0.25, 0.3) is 0 Å². The van der Waals surface area contributed by atoms with Gasteiger partial charge >= 0.3 is 0 Å². The maximum atomic E-state index is 5.89. The van der Waals surface area contributed by atoms with E-state index < -0.39 is 0 Å². The van der Waals surface area contributed by atoms with Gasteiger partial charge in [0.1, 0.15) is 5.75 Å². The minimum absolute atomic E-state index is 0. The minimum atomic E-state index is 0. The number of anilines is 1. The number of methoxy groups -OCH3 is 1. The number of hydrogen-bond donors (Lipinski definition) is 2. The molecule has 0 aliphatic heterocycles. The van der Waals surface area contributed by atoms with E-state index in [9.17, 15) is 0 Å². The molecule has 0 unspecified atom stereocenters. The number of aromatic nitrogens is 1. The predicted octanol–water partition coefficient (Wildman–Crippen LogP) is 3.36. The molecular formula is C15H21IN4OS. The van der Waals surface area contributed by atoms with Crippen molar-refractivity contribution in [2.75, 3.05) is 19.0 Å². The van der Waals surface area contributed by atoms with Crippen LogP contribution in [0.1, 0.15) is 15.6 Å². The Morgan fingerprint density at radius 1 is 1.36 bits per heavy atom. The van der Waals surface area contributed by atoms with E-state index >= 15 is 0 Å². The molecule has 0 saturated heterocycles. The molecule has 0 aliphatic carbocycles. The van der Waals surface area contributed by atoms with Gasteiger partial charge < -0.3 is 15.8 Å². The second kappa shape index (κ2) is 8.94. The Morgan fingerprint density at radius 3 is 2.73 bits per heavy atom. The Balaban J connectivity index is 0.00000242. The van der Waals surface area contributed by atoms with Crippen molar-refractivity contribution in [2.24, 2.45) is 10.7 Å². The monoisotopic (exact) mass is 432 g/mol. The van der Waals surface area contributed by atoms with Crippen molar-refractivity contribution in [1.29, 1.82) is 0 Å². The van der Waals surface area contributed by atoms with Gasteiger partial charge in [-0.3, -0.25) is 4.99 Å². The summed E-state index contributed by atoms with van der Waals surface area (Å²) in [5.74, 6) is 1.12. The fourth-order valence-corrected chi connectivity index (χ4v) is 2.77. The Labute approximate surface area is 152 Å². The summed E-state index contributed by atoms with van der Waals surface area (Å²) in [6, 6.07) is 7.59. The standard InChI is InChI=1S/C15H20N4OS.HI/c1-10-11(2)21-14(18-10)8-9-17-15(16)19-12-6-4-5-7-13(12)20-3;/h4-7H,8-9H2,1-3H3,(H3,16,17,19);1H. The van der Waals surface area contributed by atoms with Crippen LogP contribution in [0.3, 0.4) is 0 Å². The molecule has 1 aromatic heterocycles. The lowest BCUT2D eigenvalue weighted by Gasteiger charge is -2.09. The zero-order valence-corrected chi connectivity index (χ0v) is 16.1. The third kappa shape index (κ3) is 5.13. The number of nitrogens with two attached hydrogens (primary N) is 1. The number of guanidine groups is 1. The van der Waals surface area contributed by atoms with Gasteiger partial charge in [0.2, 0.25) is 0 Å². The van der Waals surface area contributed by atoms with Crippen LogP contribution in [-0.2, 0) is 6.42 Å². The molecular weight excluding hydrogens is 411 g/mol. The summed E-state index contributed by atoms with van der Waals surface area (Å²) in [4.78, 5) is 10.1. The number of hydrogen-bond acceptors (Lipinski definition) is 4. The van der Waals surface area contributed by atoms with Crippen molar-refractivity contribution in [1.82, 2.24) is 4.98 Å². The number of aliphatic imine (C=N–C) groups is 1. The first-order valence-corrected chi connectivity index (χ1v) is 7.54. The summed E-state index contributed by atoms with van der Waals surface area (Å²) in [5.41, 5.74) is 7.80. The SMILES string of the molecule is COc1ccccc1NC(N)=NCCc1nc(C)c(C)s1.I. The summed E-state index contributed by atoms with van der Waals surface area (Å²) < 4.78 is 5.25. The molecule has 1 aromatic carbocycles. The largest absolute Gasteiger partial charge is 0.495 e. The number of benzene rings is 1. The summed E-state index contributed by atoms with van der Waals surface area (Å²) in [5, 5.41) is 4.15. The molecule has 0 atom stereocenters. The van der Waals surface area contributed by atoms with Crippen LogP contribution < -0.4 is 15.8 Å². The maximum Gasteiger partial charge on any atom is 0.193 e. The van der Waals surface area contributed by atoms with Gasteiger partial charge in [0, 0.05) is 17.8 Å². The molecule has 0 spiro atoms. The lowest BCUT2D eigenvalue weighted by atomic mass is 10.3. The van der Waals surface area contributed by atoms with Crippen LogP contribution in [0.2, 0.25) is 0 Å². The van der Waals surface area contributed by atoms with Crippen molar-refractivity contribution in [2.45, 2.75) is 20.3 Å². The molecule has 0 radical (unpaired) electrons. The second-order valence-electron chi connectivity index (χ2n) is 4.59. The van der Waals surface area contributed by atoms with E-state index in [-0.39, 0.29) is 24.0 Å². The fourth-order valence-electron chi connectivity index (χ4n) is 1.84. The van der Waals surface area contributed by atoms with E-state index in [4.69, 9.17) is 10.5 Å². The van der Waals surface area contributed by atoms with Crippen molar-refractivity contribution < 1.29 is 4.74 Å². The van der Waals surface area contributed by atoms with E-state index in [1.807, 2.05) is 31.2 Å². The molecule has 120 valence electrons. The zero-order valence-electron chi connectivity index (χ0n) is 12.9. The van der Waals surface area contributed by atoms with Gasteiger partial charge in [-0.25, -0.2) is 4.98 Å². The van der Waals surface area contributed by atoms with E-state index in [0.29, 0.717) is 12.5 Å². The Kier molecular flexibility index (Phi) is 7.60. The average Bonchev–Trinajstić information content (AvgIpc) is 2.78. The maximum absolute atomic E-state index is 5.89. The van der Waals surface area contributed by atoms with Crippen molar-refractivity contribution in [3.63, 3.8) is 0 Å². The molecule has 0 bridgehead atoms. The van der Waals surface area contributed by atoms with Crippen LogP contribution in [-0.4, -0.2) is 24.6 Å². The molecule has 22 heavy (non-hydrogen) atoms. The lowest BCUT2D eigenvalue weighted by molar-refractivity contribution is 0.417. The molecule has 0 fully saturated rings. The first kappa shape index (κ1) is 18.7. The number of para-hydroxylation sites is 2. The van der Waals surface area contributed by atoms with E-state index in [2.05, 4.69) is 22.2 Å². The molecule has 2 aromatic rings. The van der Waals surface area contributed by atoms with Gasteiger partial charge in [-0.15, -0.1) is 35.3 Å². The van der Waals surface area contributed by atoms with Crippen LogP contribution in [0.5, 0.6) is 5.75 Å². The fraction of sp³-hybridized carbons (Fsp3) is 0.333. The van der Waals surface area contributed by atoms with Crippen molar-refractivity contribution in [3.8, 4) is 5.75 Å². The molecule has 1 heterocycles. The van der Waals surface area contributed by atoms with Crippen LogP contribution in [0.4, 0.5) is 5.69 Å². The lowest BCUT2D eigenvalue weighted by Crippen LogP contribution is -2.23. The summed E-state index contributed by atoms with van der Waals surface area (Å²) in [6.07, 6.45) is 0.799. The third-order valence-corrected chi connectivity index (χ3v) is 4.18. The van der Waals surface area contributed by atoms with Crippen LogP contribution in [0, 0.1) is 13.8 Å². The Morgan fingerprint density at radius 2 is 2.09 bits per heavy atom. The van der Waals surface area contributed by atoms with Gasteiger partial charge in [0.15, 0.2) is 5.96 Å². The topological polar surface area (TPSA) is 72.5 Å². The smallest absolute Gasteiger partial charge is 0.193 e. The van der Waals surface area contributed by atoms with Gasteiger partial charge in [0.05, 0.1) is 23.5 Å². The Hall–Kier alpha value is -1.35. The highest BCUT2D eigenvalue weighted by Gasteiger charge is 2.04. The minimum Gasteiger partial charge on any atom is -0.495 e. The van der Waals surface area contributed by atoms with Crippen molar-refractivity contribution in [3.05, 3.63) is 39.8 Å². The van der Waals surface area contributed by atoms with Gasteiger partial charge in [-0.05, 0) is 26.0 Å². The zero-order chi connectivity index (χ0) is 15.2. The number of ether oxygens (including phenoxy) is 1. The third-order valence-electron chi connectivity index (χ3n) is 3.05. The second-order valence-corrected chi connectivity index (χ2v) is 5.88. The summed E-state index contributed by atoms with van der Waals surface area (Å²) in [6.45, 7) is 4.72. The average molecular weight is 432 g/mol. The van der Waals surface area contributed by atoms with E-state index in [1.165, 1.54) is 4.88 Å². The molecule has 0 amide bonds. The summed E-state index contributed by atoms with van der Waals surface area (Å²) >= 11 is 1.71. The Bertz CT molecular complexity index is 623. The summed E-state index contributed by atoms with van der Waals surface area (Å²) in [7, 11) is 1.63. The first-order valence-electron chi connectivity index (χ1n) is 6.73. The normalized spacial score (nSPS) is 11.0. The first-order chi connectivity index (χ1) is 10.1. The molecule has 0 aliphatic rings. The molecule has 3 N–H and O–H groups in total. The number of nitrogens with one attached hydrogen (secondary N) is 1. The number of aryl methyl sites for hydroxylation is 2. The number of rotatable bonds is 5. The van der Waals surface area contributed by atoms with Gasteiger partial charge in [-0.2, -0.15) is 0 Å². The van der Waals surface area contributed by atoms with Gasteiger partial charge in [0.25, 0.3) is 0 Å². The number of thiazole rings is 1. The predicted molar refractivity (Wildman–Crippen MR) is 104 cm³/mol. The van der Waals surface area contributed by atoms with Crippen LogP contribution in [0.15, 0.2) is 29.3 Å². The number of nitrogens with zero attached hydrogens (tertiary/aromatic N) is 2. The van der Waals surface area contributed by atoms with Crippen molar-refractivity contribution >= 4 is 47.0 Å². The van der Waals surface area contributed by atoms with E-state index in [0.717, 1.165) is 28.6 Å². The molecule has 7 heteroatoms. The highest BCUT2D eigenvalue weighted by molar-refractivity contribution is 14.0. The molecule has 5 nitrogen and oxygen atoms in total. The van der Waals surface area contributed by atoms with Crippen LogP contribution >= 0.6 is 35.3 Å². The molecule has 2 rings (SSSR count). The highest BCUT2D eigenvalue weighted by Crippen LogP contribution is 2.22. The quantitative estimate of drug-likeness (QED) is 0.432. The van der Waals surface area contributed by atoms with E-state index in [1.54, 1.807) is 18.4 Å². The van der Waals surface area contributed by atoms with Gasteiger partial charge in [-0.1, -0.05) is 12.1 Å².